The highest BCUT2D eigenvalue weighted by Gasteiger charge is 2.59. The van der Waals surface area contributed by atoms with Gasteiger partial charge in [0.2, 0.25) is 0 Å². The van der Waals surface area contributed by atoms with E-state index in [-0.39, 0.29) is 12.5 Å². The summed E-state index contributed by atoms with van der Waals surface area (Å²) in [4.78, 5) is 11.9. The molecule has 0 aromatic heterocycles. The highest BCUT2D eigenvalue weighted by Crippen LogP contribution is 2.35. The van der Waals surface area contributed by atoms with Crippen molar-refractivity contribution >= 4 is 21.6 Å². The lowest BCUT2D eigenvalue weighted by Gasteiger charge is -2.43. The SMILES string of the molecule is CC1(C)C(=O)N(CCc2cccc3c2NCCC3)S1(=O)=O. The third kappa shape index (κ3) is 2.04. The Morgan fingerprint density at radius 2 is 2.10 bits per heavy atom. The monoisotopic (exact) mass is 308 g/mol. The number of rotatable bonds is 3. The standard InChI is InChI=1S/C15H20N2O3S/c1-15(2)14(18)17(21(15,19)20)10-8-12-6-3-5-11-7-4-9-16-13(11)12/h3,5-6,16H,4,7-10H2,1-2H3. The molecule has 0 aliphatic carbocycles. The number of carbonyl (C=O) groups is 1. The van der Waals surface area contributed by atoms with Gasteiger partial charge in [-0.2, -0.15) is 0 Å². The summed E-state index contributed by atoms with van der Waals surface area (Å²) in [7, 11) is -3.48. The molecule has 1 N–H and O–H groups in total. The number of carbonyl (C=O) groups excluding carboxylic acids is 1. The van der Waals surface area contributed by atoms with Gasteiger partial charge in [-0.1, -0.05) is 18.2 Å². The molecule has 0 saturated carbocycles. The normalized spacial score (nSPS) is 22.2. The number of hydrogen-bond acceptors (Lipinski definition) is 4. The van der Waals surface area contributed by atoms with Crippen LogP contribution < -0.4 is 5.32 Å². The minimum absolute atomic E-state index is 0.225. The van der Waals surface area contributed by atoms with Crippen molar-refractivity contribution in [3.05, 3.63) is 29.3 Å². The van der Waals surface area contributed by atoms with Crippen LogP contribution in [0.5, 0.6) is 0 Å². The Hall–Kier alpha value is -1.56. The first-order valence-electron chi connectivity index (χ1n) is 7.27. The molecule has 2 heterocycles. The first-order chi connectivity index (χ1) is 9.85. The summed E-state index contributed by atoms with van der Waals surface area (Å²) in [6, 6.07) is 6.09. The molecule has 1 aromatic rings. The van der Waals surface area contributed by atoms with Crippen LogP contribution in [0.2, 0.25) is 0 Å². The number of nitrogens with zero attached hydrogens (tertiary/aromatic N) is 1. The van der Waals surface area contributed by atoms with Crippen LogP contribution in [0, 0.1) is 0 Å². The third-order valence-corrected chi connectivity index (χ3v) is 6.82. The van der Waals surface area contributed by atoms with E-state index in [9.17, 15) is 13.2 Å². The molecule has 2 aliphatic rings. The predicted molar refractivity (Wildman–Crippen MR) is 81.7 cm³/mol. The molecule has 1 saturated heterocycles. The maximum absolute atomic E-state index is 12.1. The molecule has 0 radical (unpaired) electrons. The number of amides is 1. The van der Waals surface area contributed by atoms with Gasteiger partial charge in [-0.05, 0) is 44.2 Å². The Bertz CT molecular complexity index is 695. The maximum atomic E-state index is 12.1. The fourth-order valence-corrected chi connectivity index (χ4v) is 4.52. The van der Waals surface area contributed by atoms with Gasteiger partial charge < -0.3 is 5.32 Å². The number of fused-ring (bicyclic) bond motifs is 1. The molecule has 0 unspecified atom stereocenters. The first kappa shape index (κ1) is 14.4. The smallest absolute Gasteiger partial charge is 0.258 e. The summed E-state index contributed by atoms with van der Waals surface area (Å²) in [5.74, 6) is -0.305. The van der Waals surface area contributed by atoms with Crippen molar-refractivity contribution in [1.29, 1.82) is 0 Å². The van der Waals surface area contributed by atoms with Crippen LogP contribution in [0.25, 0.3) is 0 Å². The Kier molecular flexibility index (Phi) is 3.24. The molecule has 1 fully saturated rings. The summed E-state index contributed by atoms with van der Waals surface area (Å²) in [5, 5.41) is 3.39. The number of para-hydroxylation sites is 1. The van der Waals surface area contributed by atoms with Gasteiger partial charge in [0, 0.05) is 18.8 Å². The molecule has 6 heteroatoms. The van der Waals surface area contributed by atoms with Crippen molar-refractivity contribution in [2.24, 2.45) is 0 Å². The van der Waals surface area contributed by atoms with E-state index < -0.39 is 14.8 Å². The van der Waals surface area contributed by atoms with Crippen molar-refractivity contribution in [3.63, 3.8) is 0 Å². The molecule has 21 heavy (non-hydrogen) atoms. The van der Waals surface area contributed by atoms with Crippen LogP contribution >= 0.6 is 0 Å². The van der Waals surface area contributed by atoms with E-state index in [1.165, 1.54) is 19.4 Å². The van der Waals surface area contributed by atoms with E-state index in [1.807, 2.05) is 12.1 Å². The lowest BCUT2D eigenvalue weighted by Crippen LogP contribution is -2.67. The Labute approximate surface area is 125 Å². The Morgan fingerprint density at radius 3 is 2.81 bits per heavy atom. The van der Waals surface area contributed by atoms with E-state index in [0.29, 0.717) is 6.42 Å². The van der Waals surface area contributed by atoms with Gasteiger partial charge in [0.25, 0.3) is 15.9 Å². The maximum Gasteiger partial charge on any atom is 0.258 e. The van der Waals surface area contributed by atoms with Gasteiger partial charge in [0.05, 0.1) is 0 Å². The highest BCUT2D eigenvalue weighted by molar-refractivity contribution is 7.94. The summed E-state index contributed by atoms with van der Waals surface area (Å²) in [6.45, 7) is 4.10. The first-order valence-corrected chi connectivity index (χ1v) is 8.71. The van der Waals surface area contributed by atoms with Crippen LogP contribution in [0.3, 0.4) is 0 Å². The zero-order chi connectivity index (χ0) is 15.3. The largest absolute Gasteiger partial charge is 0.385 e. The molecule has 3 rings (SSSR count). The highest BCUT2D eigenvalue weighted by atomic mass is 32.2. The zero-order valence-electron chi connectivity index (χ0n) is 12.3. The van der Waals surface area contributed by atoms with E-state index in [1.54, 1.807) is 0 Å². The number of hydrogen-bond donors (Lipinski definition) is 1. The van der Waals surface area contributed by atoms with Crippen LogP contribution in [-0.2, 0) is 27.7 Å². The molecule has 0 spiro atoms. The Morgan fingerprint density at radius 1 is 1.33 bits per heavy atom. The van der Waals surface area contributed by atoms with Crippen LogP contribution in [0.1, 0.15) is 31.4 Å². The lowest BCUT2D eigenvalue weighted by molar-refractivity contribution is -0.132. The number of sulfonamides is 1. The molecule has 0 bridgehead atoms. The lowest BCUT2D eigenvalue weighted by atomic mass is 9.98. The number of nitrogens with one attached hydrogen (secondary N) is 1. The predicted octanol–water partition coefficient (Wildman–Crippen LogP) is 1.54. The fourth-order valence-electron chi connectivity index (χ4n) is 2.99. The summed E-state index contributed by atoms with van der Waals surface area (Å²) < 4.78 is 23.9. The number of aryl methyl sites for hydroxylation is 1. The molecule has 2 aliphatic heterocycles. The van der Waals surface area contributed by atoms with E-state index in [2.05, 4.69) is 11.4 Å². The summed E-state index contributed by atoms with van der Waals surface area (Å²) in [6.07, 6.45) is 2.71. The fraction of sp³-hybridized carbons (Fsp3) is 0.533. The van der Waals surface area contributed by atoms with Crippen molar-refractivity contribution < 1.29 is 13.2 Å². The average Bonchev–Trinajstić information content (AvgIpc) is 2.47. The molecule has 5 nitrogen and oxygen atoms in total. The van der Waals surface area contributed by atoms with Gasteiger partial charge in [0.1, 0.15) is 0 Å². The van der Waals surface area contributed by atoms with Gasteiger partial charge in [-0.25, -0.2) is 12.7 Å². The average molecular weight is 308 g/mol. The van der Waals surface area contributed by atoms with Gasteiger partial charge in [-0.3, -0.25) is 4.79 Å². The molecule has 1 aromatic carbocycles. The van der Waals surface area contributed by atoms with Crippen molar-refractivity contribution in [2.75, 3.05) is 18.4 Å². The minimum Gasteiger partial charge on any atom is -0.385 e. The van der Waals surface area contributed by atoms with Crippen molar-refractivity contribution in [2.45, 2.75) is 37.9 Å². The number of benzene rings is 1. The van der Waals surface area contributed by atoms with Crippen molar-refractivity contribution in [3.8, 4) is 0 Å². The van der Waals surface area contributed by atoms with Crippen LogP contribution in [0.4, 0.5) is 5.69 Å². The molecule has 0 atom stereocenters. The summed E-state index contributed by atoms with van der Waals surface area (Å²) >= 11 is 0. The van der Waals surface area contributed by atoms with E-state index in [0.717, 1.165) is 34.9 Å². The second-order valence-corrected chi connectivity index (χ2v) is 8.54. The molecule has 1 amide bonds. The molecule has 114 valence electrons. The van der Waals surface area contributed by atoms with E-state index in [4.69, 9.17) is 0 Å². The Balaban J connectivity index is 1.77. The van der Waals surface area contributed by atoms with Gasteiger partial charge in [-0.15, -0.1) is 0 Å². The zero-order valence-corrected chi connectivity index (χ0v) is 13.2. The molecular weight excluding hydrogens is 288 g/mol. The quantitative estimate of drug-likeness (QED) is 0.920. The van der Waals surface area contributed by atoms with Gasteiger partial charge >= 0.3 is 0 Å². The summed E-state index contributed by atoms with van der Waals surface area (Å²) in [5.41, 5.74) is 3.48. The molecular formula is C15H20N2O3S. The van der Waals surface area contributed by atoms with Crippen LogP contribution in [0.15, 0.2) is 18.2 Å². The minimum atomic E-state index is -3.48. The topological polar surface area (TPSA) is 66.5 Å². The van der Waals surface area contributed by atoms with Crippen LogP contribution in [-0.4, -0.2) is 36.5 Å². The second-order valence-electron chi connectivity index (χ2n) is 6.12. The number of anilines is 1. The van der Waals surface area contributed by atoms with Gasteiger partial charge in [0.15, 0.2) is 4.75 Å². The van der Waals surface area contributed by atoms with Crippen molar-refractivity contribution in [1.82, 2.24) is 4.31 Å². The van der Waals surface area contributed by atoms with E-state index >= 15 is 0 Å². The second kappa shape index (κ2) is 4.73. The third-order valence-electron chi connectivity index (χ3n) is 4.42.